The molecule has 0 aliphatic carbocycles. The first-order chi connectivity index (χ1) is 17.7. The third kappa shape index (κ3) is 5.78. The van der Waals surface area contributed by atoms with Crippen LogP contribution in [0.15, 0.2) is 66.9 Å². The van der Waals surface area contributed by atoms with E-state index < -0.39 is 0 Å². The predicted molar refractivity (Wildman–Crippen MR) is 138 cm³/mol. The third-order valence-electron chi connectivity index (χ3n) is 6.54. The maximum atomic E-state index is 13.2. The Hall–Kier alpha value is -3.62. The summed E-state index contributed by atoms with van der Waals surface area (Å²) in [5, 5.41) is 0. The lowest BCUT2D eigenvalue weighted by Gasteiger charge is -2.29. The molecule has 3 heterocycles. The molecule has 2 aliphatic rings. The van der Waals surface area contributed by atoms with Crippen LogP contribution in [0, 0.1) is 0 Å². The molecule has 1 amide bonds. The average molecular weight is 489 g/mol. The predicted octanol–water partition coefficient (Wildman–Crippen LogP) is 3.68. The van der Waals surface area contributed by atoms with Gasteiger partial charge in [0.25, 0.3) is 5.91 Å². The van der Waals surface area contributed by atoms with Gasteiger partial charge in [-0.3, -0.25) is 9.69 Å². The quantitative estimate of drug-likeness (QED) is 0.557. The first kappa shape index (κ1) is 24.1. The average Bonchev–Trinajstić information content (AvgIpc) is 2.93. The van der Waals surface area contributed by atoms with Gasteiger partial charge in [-0.2, -0.15) is 0 Å². The van der Waals surface area contributed by atoms with Gasteiger partial charge in [0.15, 0.2) is 11.5 Å². The standard InChI is InChI=1S/C28H32N4O4/c1-30-13-14-31(21-22-8-10-23(11-9-22)32-16-18-34-19-17-32)15-20-35-25-6-2-3-7-26(25)36-27-24(28(30)33)5-4-12-29-27/h2-12H,13-21H2,1H3. The first-order valence-corrected chi connectivity index (χ1v) is 12.4. The number of morpholine rings is 1. The monoisotopic (exact) mass is 488 g/mol. The van der Waals surface area contributed by atoms with Crippen LogP contribution in [0.2, 0.25) is 0 Å². The highest BCUT2D eigenvalue weighted by Gasteiger charge is 2.21. The summed E-state index contributed by atoms with van der Waals surface area (Å²) in [5.41, 5.74) is 2.88. The Bertz CT molecular complexity index is 1160. The topological polar surface area (TPSA) is 67.4 Å². The van der Waals surface area contributed by atoms with Gasteiger partial charge in [0.1, 0.15) is 12.2 Å². The van der Waals surface area contributed by atoms with Crippen molar-refractivity contribution in [3.63, 3.8) is 0 Å². The fraction of sp³-hybridized carbons (Fsp3) is 0.357. The van der Waals surface area contributed by atoms with Crippen molar-refractivity contribution in [1.29, 1.82) is 0 Å². The summed E-state index contributed by atoms with van der Waals surface area (Å²) in [7, 11) is 1.82. The van der Waals surface area contributed by atoms with Gasteiger partial charge in [0, 0.05) is 58.2 Å². The van der Waals surface area contributed by atoms with Gasteiger partial charge in [-0.25, -0.2) is 4.98 Å². The summed E-state index contributed by atoms with van der Waals surface area (Å²) in [6, 6.07) is 19.7. The summed E-state index contributed by atoms with van der Waals surface area (Å²) >= 11 is 0. The maximum Gasteiger partial charge on any atom is 0.259 e. The molecule has 0 saturated carbocycles. The van der Waals surface area contributed by atoms with Crippen molar-refractivity contribution >= 4 is 11.6 Å². The Kier molecular flexibility index (Phi) is 7.64. The lowest BCUT2D eigenvalue weighted by atomic mass is 10.1. The van der Waals surface area contributed by atoms with E-state index in [9.17, 15) is 4.79 Å². The number of ether oxygens (including phenoxy) is 3. The Morgan fingerprint density at radius 2 is 1.61 bits per heavy atom. The summed E-state index contributed by atoms with van der Waals surface area (Å²) in [5.74, 6) is 1.33. The van der Waals surface area contributed by atoms with E-state index >= 15 is 0 Å². The van der Waals surface area contributed by atoms with Gasteiger partial charge in [-0.05, 0) is 42.0 Å². The van der Waals surface area contributed by atoms with Crippen molar-refractivity contribution in [2.75, 3.05) is 64.5 Å². The third-order valence-corrected chi connectivity index (χ3v) is 6.54. The highest BCUT2D eigenvalue weighted by atomic mass is 16.5. The zero-order valence-electron chi connectivity index (χ0n) is 20.6. The molecule has 3 aromatic rings. The van der Waals surface area contributed by atoms with Crippen LogP contribution >= 0.6 is 0 Å². The van der Waals surface area contributed by atoms with Crippen LogP contribution in [-0.4, -0.2) is 80.3 Å². The number of nitrogens with zero attached hydrogens (tertiary/aromatic N) is 4. The largest absolute Gasteiger partial charge is 0.488 e. The molecule has 1 saturated heterocycles. The van der Waals surface area contributed by atoms with E-state index in [1.165, 1.54) is 11.3 Å². The number of pyridine rings is 1. The van der Waals surface area contributed by atoms with E-state index in [1.807, 2.05) is 31.3 Å². The highest BCUT2D eigenvalue weighted by Crippen LogP contribution is 2.32. The number of likely N-dealkylation sites (N-methyl/N-ethyl adjacent to an activating group) is 1. The number of hydrogen-bond acceptors (Lipinski definition) is 7. The van der Waals surface area contributed by atoms with Gasteiger partial charge in [0.05, 0.1) is 13.2 Å². The molecule has 2 aliphatic heterocycles. The van der Waals surface area contributed by atoms with E-state index in [0.717, 1.165) is 39.4 Å². The minimum Gasteiger partial charge on any atom is -0.488 e. The molecule has 0 atom stereocenters. The summed E-state index contributed by atoms with van der Waals surface area (Å²) in [4.78, 5) is 24.0. The Morgan fingerprint density at radius 1 is 0.833 bits per heavy atom. The van der Waals surface area contributed by atoms with Crippen LogP contribution in [0.5, 0.6) is 17.4 Å². The molecule has 0 spiro atoms. The van der Waals surface area contributed by atoms with Gasteiger partial charge in [0.2, 0.25) is 5.88 Å². The second-order valence-electron chi connectivity index (χ2n) is 9.02. The van der Waals surface area contributed by atoms with Crippen LogP contribution in [-0.2, 0) is 11.3 Å². The van der Waals surface area contributed by atoms with Crippen LogP contribution in [0.1, 0.15) is 15.9 Å². The maximum absolute atomic E-state index is 13.2. The van der Waals surface area contributed by atoms with Crippen molar-refractivity contribution in [2.24, 2.45) is 0 Å². The minimum absolute atomic E-state index is 0.120. The number of carbonyl (C=O) groups excluding carboxylic acids is 1. The van der Waals surface area contributed by atoms with Gasteiger partial charge in [-0.1, -0.05) is 24.3 Å². The van der Waals surface area contributed by atoms with Crippen LogP contribution in [0.3, 0.4) is 0 Å². The molecule has 0 N–H and O–H groups in total. The fourth-order valence-corrected chi connectivity index (χ4v) is 4.44. The molecule has 36 heavy (non-hydrogen) atoms. The van der Waals surface area contributed by atoms with Crippen LogP contribution in [0.4, 0.5) is 5.69 Å². The SMILES string of the molecule is CN1CCN(Cc2ccc(N3CCOCC3)cc2)CCOc2ccccc2Oc2ncccc2C1=O. The zero-order valence-corrected chi connectivity index (χ0v) is 20.6. The number of carbonyl (C=O) groups is 1. The van der Waals surface area contributed by atoms with Crippen LogP contribution < -0.4 is 14.4 Å². The number of fused-ring (bicyclic) bond motifs is 2. The van der Waals surface area contributed by atoms with E-state index in [1.54, 1.807) is 23.2 Å². The molecule has 0 radical (unpaired) electrons. The lowest BCUT2D eigenvalue weighted by molar-refractivity contribution is 0.0770. The molecule has 2 aromatic carbocycles. The second kappa shape index (κ2) is 11.4. The molecule has 0 unspecified atom stereocenters. The van der Waals surface area contributed by atoms with Crippen molar-refractivity contribution in [1.82, 2.24) is 14.8 Å². The summed E-state index contributed by atoms with van der Waals surface area (Å²) in [6.07, 6.45) is 1.62. The highest BCUT2D eigenvalue weighted by molar-refractivity contribution is 5.96. The fourth-order valence-electron chi connectivity index (χ4n) is 4.44. The Labute approximate surface area is 212 Å². The van der Waals surface area contributed by atoms with Gasteiger partial charge >= 0.3 is 0 Å². The number of rotatable bonds is 3. The number of hydrogen-bond donors (Lipinski definition) is 0. The van der Waals surface area contributed by atoms with Crippen LogP contribution in [0.25, 0.3) is 0 Å². The molecule has 1 aromatic heterocycles. The first-order valence-electron chi connectivity index (χ1n) is 12.4. The summed E-state index contributed by atoms with van der Waals surface area (Å²) < 4.78 is 17.6. The lowest BCUT2D eigenvalue weighted by Crippen LogP contribution is -2.38. The normalized spacial score (nSPS) is 17.5. The van der Waals surface area contributed by atoms with Gasteiger partial charge in [-0.15, -0.1) is 0 Å². The minimum atomic E-state index is -0.120. The number of benzene rings is 2. The molecular weight excluding hydrogens is 456 g/mol. The Balaban J connectivity index is 1.34. The van der Waals surface area contributed by atoms with E-state index in [-0.39, 0.29) is 11.8 Å². The van der Waals surface area contributed by atoms with Crippen molar-refractivity contribution in [3.8, 4) is 17.4 Å². The molecule has 5 rings (SSSR count). The number of aromatic nitrogens is 1. The van der Waals surface area contributed by atoms with E-state index in [2.05, 4.69) is 39.0 Å². The molecule has 188 valence electrons. The molecule has 0 bridgehead atoms. The molecular formula is C28H32N4O4. The van der Waals surface area contributed by atoms with Crippen molar-refractivity contribution in [3.05, 3.63) is 78.0 Å². The van der Waals surface area contributed by atoms with E-state index in [0.29, 0.717) is 36.8 Å². The van der Waals surface area contributed by atoms with Crippen molar-refractivity contribution < 1.29 is 19.0 Å². The molecule has 8 nitrogen and oxygen atoms in total. The summed E-state index contributed by atoms with van der Waals surface area (Å²) in [6.45, 7) is 6.67. The molecule has 1 fully saturated rings. The van der Waals surface area contributed by atoms with E-state index in [4.69, 9.17) is 14.2 Å². The zero-order chi connectivity index (χ0) is 24.7. The number of amides is 1. The molecule has 8 heteroatoms. The van der Waals surface area contributed by atoms with Crippen molar-refractivity contribution in [2.45, 2.75) is 6.54 Å². The second-order valence-corrected chi connectivity index (χ2v) is 9.02. The smallest absolute Gasteiger partial charge is 0.259 e. The number of anilines is 1. The Morgan fingerprint density at radius 3 is 2.42 bits per heavy atom. The number of para-hydroxylation sites is 2. The van der Waals surface area contributed by atoms with Gasteiger partial charge < -0.3 is 24.0 Å².